The Bertz CT molecular complexity index is 976. The Morgan fingerprint density at radius 2 is 1.77 bits per heavy atom. The second-order valence-electron chi connectivity index (χ2n) is 5.72. The van der Waals surface area contributed by atoms with E-state index in [1.54, 1.807) is 12.1 Å². The number of ether oxygens (including phenoxy) is 3. The fourth-order valence-electron chi connectivity index (χ4n) is 2.23. The molecule has 0 bridgehead atoms. The van der Waals surface area contributed by atoms with Gasteiger partial charge in [0.2, 0.25) is 0 Å². The molecule has 0 aromatic heterocycles. The van der Waals surface area contributed by atoms with Gasteiger partial charge in [-0.1, -0.05) is 17.7 Å². The van der Waals surface area contributed by atoms with Crippen LogP contribution in [-0.2, 0) is 14.3 Å². The third kappa shape index (κ3) is 6.42. The third-order valence-corrected chi connectivity index (χ3v) is 3.92. The smallest absolute Gasteiger partial charge is 0.331 e. The number of phenolic OH excluding ortho intramolecular Hbond substituents is 1. The standard InChI is InChI=1S/C20H19ClN2O7/c1-28-16-7-5-13(21)10-14(16)20(27)23-22-18(25)11-30-19(26)8-4-12-3-6-15(24)17(9-12)29-2/h3-10,24H,11H2,1-2H3,(H,22,25)(H,23,27). The minimum atomic E-state index is -0.778. The lowest BCUT2D eigenvalue weighted by atomic mass is 10.2. The van der Waals surface area contributed by atoms with Gasteiger partial charge in [-0.2, -0.15) is 0 Å². The fourth-order valence-corrected chi connectivity index (χ4v) is 2.41. The van der Waals surface area contributed by atoms with Crippen molar-refractivity contribution in [2.75, 3.05) is 20.8 Å². The van der Waals surface area contributed by atoms with Crippen LogP contribution in [0.3, 0.4) is 0 Å². The zero-order valence-corrected chi connectivity index (χ0v) is 16.9. The number of carbonyl (C=O) groups is 3. The van der Waals surface area contributed by atoms with Gasteiger partial charge in [0.05, 0.1) is 19.8 Å². The number of hydrazine groups is 1. The maximum Gasteiger partial charge on any atom is 0.331 e. The molecule has 158 valence electrons. The summed E-state index contributed by atoms with van der Waals surface area (Å²) in [6, 6.07) is 8.94. The number of aromatic hydroxyl groups is 1. The van der Waals surface area contributed by atoms with Gasteiger partial charge in [0.25, 0.3) is 11.8 Å². The minimum absolute atomic E-state index is 0.0358. The van der Waals surface area contributed by atoms with E-state index in [0.717, 1.165) is 6.08 Å². The molecule has 0 unspecified atom stereocenters. The summed E-state index contributed by atoms with van der Waals surface area (Å²) in [5, 5.41) is 9.85. The zero-order valence-electron chi connectivity index (χ0n) is 16.1. The van der Waals surface area contributed by atoms with Crippen molar-refractivity contribution in [2.24, 2.45) is 0 Å². The summed E-state index contributed by atoms with van der Waals surface area (Å²) in [6.07, 6.45) is 2.53. The lowest BCUT2D eigenvalue weighted by Crippen LogP contribution is -2.43. The summed E-state index contributed by atoms with van der Waals surface area (Å²) >= 11 is 5.86. The van der Waals surface area contributed by atoms with Crippen molar-refractivity contribution in [3.8, 4) is 17.2 Å². The zero-order chi connectivity index (χ0) is 22.1. The molecule has 0 atom stereocenters. The van der Waals surface area contributed by atoms with Crippen molar-refractivity contribution in [2.45, 2.75) is 0 Å². The van der Waals surface area contributed by atoms with E-state index < -0.39 is 24.4 Å². The Kier molecular flexibility index (Phi) is 8.07. The number of phenols is 1. The van der Waals surface area contributed by atoms with Gasteiger partial charge in [0.1, 0.15) is 5.75 Å². The number of nitrogens with one attached hydrogen (secondary N) is 2. The molecular formula is C20H19ClN2O7. The van der Waals surface area contributed by atoms with Crippen molar-refractivity contribution in [3.63, 3.8) is 0 Å². The number of hydrogen-bond acceptors (Lipinski definition) is 7. The first kappa shape index (κ1) is 22.6. The van der Waals surface area contributed by atoms with Crippen LogP contribution in [0.2, 0.25) is 5.02 Å². The Balaban J connectivity index is 1.82. The topological polar surface area (TPSA) is 123 Å². The summed E-state index contributed by atoms with van der Waals surface area (Å²) in [5.74, 6) is -1.70. The summed E-state index contributed by atoms with van der Waals surface area (Å²) in [6.45, 7) is -0.616. The van der Waals surface area contributed by atoms with Crippen molar-refractivity contribution < 1.29 is 33.7 Å². The van der Waals surface area contributed by atoms with E-state index in [-0.39, 0.29) is 22.8 Å². The first-order valence-electron chi connectivity index (χ1n) is 8.48. The quantitative estimate of drug-likeness (QED) is 0.346. The van der Waals surface area contributed by atoms with E-state index in [4.69, 9.17) is 25.8 Å². The van der Waals surface area contributed by atoms with E-state index >= 15 is 0 Å². The number of methoxy groups -OCH3 is 2. The lowest BCUT2D eigenvalue weighted by Gasteiger charge is -2.10. The van der Waals surface area contributed by atoms with Crippen LogP contribution in [0.25, 0.3) is 6.08 Å². The highest BCUT2D eigenvalue weighted by Crippen LogP contribution is 2.26. The van der Waals surface area contributed by atoms with Crippen LogP contribution in [0, 0.1) is 0 Å². The predicted molar refractivity (Wildman–Crippen MR) is 108 cm³/mol. The molecule has 0 aliphatic heterocycles. The van der Waals surface area contributed by atoms with Gasteiger partial charge in [-0.25, -0.2) is 4.79 Å². The molecule has 0 saturated carbocycles. The first-order chi connectivity index (χ1) is 14.3. The number of carbonyl (C=O) groups excluding carboxylic acids is 3. The van der Waals surface area contributed by atoms with Crippen LogP contribution in [-0.4, -0.2) is 43.7 Å². The summed E-state index contributed by atoms with van der Waals surface area (Å²) in [4.78, 5) is 35.6. The van der Waals surface area contributed by atoms with E-state index in [1.165, 1.54) is 44.6 Å². The molecule has 0 aliphatic carbocycles. The summed E-state index contributed by atoms with van der Waals surface area (Å²) < 4.78 is 14.8. The molecule has 0 saturated heterocycles. The highest BCUT2D eigenvalue weighted by Gasteiger charge is 2.14. The Labute approximate surface area is 177 Å². The molecule has 2 amide bonds. The van der Waals surface area contributed by atoms with Crippen molar-refractivity contribution >= 4 is 35.5 Å². The normalized spacial score (nSPS) is 10.4. The van der Waals surface area contributed by atoms with E-state index in [0.29, 0.717) is 10.6 Å². The predicted octanol–water partition coefficient (Wildman–Crippen LogP) is 2.08. The molecule has 10 heteroatoms. The molecule has 0 heterocycles. The Morgan fingerprint density at radius 1 is 1.03 bits per heavy atom. The number of esters is 1. The highest BCUT2D eigenvalue weighted by molar-refractivity contribution is 6.31. The monoisotopic (exact) mass is 434 g/mol. The molecule has 2 aromatic carbocycles. The average molecular weight is 435 g/mol. The largest absolute Gasteiger partial charge is 0.504 e. The second-order valence-corrected chi connectivity index (χ2v) is 6.16. The van der Waals surface area contributed by atoms with Crippen molar-refractivity contribution in [1.82, 2.24) is 10.9 Å². The van der Waals surface area contributed by atoms with Gasteiger partial charge in [0, 0.05) is 11.1 Å². The minimum Gasteiger partial charge on any atom is -0.504 e. The van der Waals surface area contributed by atoms with Gasteiger partial charge >= 0.3 is 5.97 Å². The molecule has 0 aliphatic rings. The number of rotatable bonds is 7. The van der Waals surface area contributed by atoms with Gasteiger partial charge in [-0.15, -0.1) is 0 Å². The van der Waals surface area contributed by atoms with Crippen molar-refractivity contribution in [1.29, 1.82) is 0 Å². The molecule has 0 spiro atoms. The summed E-state index contributed by atoms with van der Waals surface area (Å²) in [7, 11) is 2.79. The molecule has 2 rings (SSSR count). The van der Waals surface area contributed by atoms with Crippen LogP contribution in [0.15, 0.2) is 42.5 Å². The third-order valence-electron chi connectivity index (χ3n) is 3.68. The van der Waals surface area contributed by atoms with Crippen LogP contribution >= 0.6 is 11.6 Å². The van der Waals surface area contributed by atoms with E-state index in [9.17, 15) is 19.5 Å². The van der Waals surface area contributed by atoms with Gasteiger partial charge in [-0.3, -0.25) is 20.4 Å². The summed E-state index contributed by atoms with van der Waals surface area (Å²) in [5.41, 5.74) is 4.99. The number of hydrogen-bond donors (Lipinski definition) is 3. The number of halogens is 1. The van der Waals surface area contributed by atoms with Gasteiger partial charge in [0.15, 0.2) is 18.1 Å². The SMILES string of the molecule is COc1cc(C=CC(=O)OCC(=O)NNC(=O)c2cc(Cl)ccc2OC)ccc1O. The first-order valence-corrected chi connectivity index (χ1v) is 8.86. The van der Waals surface area contributed by atoms with Crippen LogP contribution in [0.4, 0.5) is 0 Å². The molecule has 0 radical (unpaired) electrons. The second kappa shape index (κ2) is 10.7. The van der Waals surface area contributed by atoms with Crippen LogP contribution in [0.1, 0.15) is 15.9 Å². The highest BCUT2D eigenvalue weighted by atomic mass is 35.5. The lowest BCUT2D eigenvalue weighted by molar-refractivity contribution is -0.144. The van der Waals surface area contributed by atoms with Crippen molar-refractivity contribution in [3.05, 3.63) is 58.6 Å². The molecule has 0 fully saturated rings. The molecular weight excluding hydrogens is 416 g/mol. The van der Waals surface area contributed by atoms with E-state index in [2.05, 4.69) is 10.9 Å². The Hall–Kier alpha value is -3.72. The van der Waals surface area contributed by atoms with Gasteiger partial charge in [-0.05, 0) is 42.0 Å². The number of benzene rings is 2. The maximum absolute atomic E-state index is 12.1. The Morgan fingerprint density at radius 3 is 2.47 bits per heavy atom. The average Bonchev–Trinajstić information content (AvgIpc) is 2.75. The van der Waals surface area contributed by atoms with Crippen LogP contribution < -0.4 is 20.3 Å². The molecule has 9 nitrogen and oxygen atoms in total. The maximum atomic E-state index is 12.1. The van der Waals surface area contributed by atoms with Crippen LogP contribution in [0.5, 0.6) is 17.2 Å². The molecule has 30 heavy (non-hydrogen) atoms. The molecule has 3 N–H and O–H groups in total. The van der Waals surface area contributed by atoms with Gasteiger partial charge < -0.3 is 19.3 Å². The number of amides is 2. The van der Waals surface area contributed by atoms with E-state index in [1.807, 2.05) is 0 Å². The fraction of sp³-hybridized carbons (Fsp3) is 0.150. The molecule has 2 aromatic rings.